The largest absolute Gasteiger partial charge is 0.426 e. The number of ketones is 1. The summed E-state index contributed by atoms with van der Waals surface area (Å²) in [6, 6.07) is 14.5. The predicted octanol–water partition coefficient (Wildman–Crippen LogP) is 6.45. The number of allylic oxidation sites excluding steroid dienone is 1. The summed E-state index contributed by atoms with van der Waals surface area (Å²) in [5.41, 5.74) is 5.91. The van der Waals surface area contributed by atoms with Gasteiger partial charge in [0.2, 0.25) is 0 Å². The lowest BCUT2D eigenvalue weighted by atomic mass is 9.74. The Morgan fingerprint density at radius 3 is 2.62 bits per heavy atom. The molecule has 2 aromatic rings. The van der Waals surface area contributed by atoms with Gasteiger partial charge >= 0.3 is 5.97 Å². The Balaban J connectivity index is 1.67. The van der Waals surface area contributed by atoms with Crippen LogP contribution in [-0.2, 0) is 16.0 Å². The lowest BCUT2D eigenvalue weighted by Crippen LogP contribution is -2.39. The van der Waals surface area contributed by atoms with E-state index >= 15 is 0 Å². The van der Waals surface area contributed by atoms with Gasteiger partial charge in [-0.2, -0.15) is 0 Å². The van der Waals surface area contributed by atoms with E-state index in [9.17, 15) is 9.59 Å². The molecule has 1 aliphatic heterocycles. The van der Waals surface area contributed by atoms with E-state index in [1.165, 1.54) is 18.1 Å². The highest BCUT2D eigenvalue weighted by Crippen LogP contribution is 2.47. The van der Waals surface area contributed by atoms with Gasteiger partial charge in [-0.05, 0) is 80.7 Å². The molecule has 4 nitrogen and oxygen atoms in total. The van der Waals surface area contributed by atoms with E-state index in [0.717, 1.165) is 54.5 Å². The molecule has 1 N–H and O–H groups in total. The Bertz CT molecular complexity index is 1070. The second-order valence-electron chi connectivity index (χ2n) is 9.69. The van der Waals surface area contributed by atoms with E-state index < -0.39 is 0 Å². The van der Waals surface area contributed by atoms with Crippen LogP contribution in [0.2, 0.25) is 0 Å². The van der Waals surface area contributed by atoms with Crippen molar-refractivity contribution in [1.82, 2.24) is 0 Å². The summed E-state index contributed by atoms with van der Waals surface area (Å²) in [4.78, 5) is 24.8. The summed E-state index contributed by atoms with van der Waals surface area (Å²) < 4.78 is 5.66. The topological polar surface area (TPSA) is 55.4 Å². The molecule has 0 saturated heterocycles. The van der Waals surface area contributed by atoms with Gasteiger partial charge in [-0.15, -0.1) is 0 Å². The highest BCUT2D eigenvalue weighted by molar-refractivity contribution is 6.25. The van der Waals surface area contributed by atoms with E-state index in [-0.39, 0.29) is 23.2 Å². The number of Topliss-reactive ketones (excluding diaryl/α,β-unsaturated/α-hetero) is 1. The minimum atomic E-state index is -0.337. The van der Waals surface area contributed by atoms with Gasteiger partial charge in [0.05, 0.1) is 5.54 Å². The molecule has 168 valence electrons. The Labute approximate surface area is 191 Å². The van der Waals surface area contributed by atoms with Crippen LogP contribution < -0.4 is 10.1 Å². The van der Waals surface area contributed by atoms with Crippen LogP contribution in [0.1, 0.15) is 82.4 Å². The van der Waals surface area contributed by atoms with Crippen LogP contribution in [0, 0.1) is 0 Å². The Morgan fingerprint density at radius 2 is 1.91 bits per heavy atom. The van der Waals surface area contributed by atoms with E-state index in [0.29, 0.717) is 12.2 Å². The molecule has 4 rings (SSSR count). The van der Waals surface area contributed by atoms with Gasteiger partial charge in [-0.3, -0.25) is 9.59 Å². The zero-order valence-electron chi connectivity index (χ0n) is 19.6. The first kappa shape index (κ1) is 22.3. The van der Waals surface area contributed by atoms with E-state index in [2.05, 4.69) is 56.4 Å². The molecule has 0 radical (unpaired) electrons. The Kier molecular flexibility index (Phi) is 6.23. The highest BCUT2D eigenvalue weighted by Gasteiger charge is 2.38. The SMILES string of the molecule is CC(=O)Oc1cc2c(cc1C(C)CCCc1ccccc1)NC(C)(C)C1=C2C(=O)CCC1. The zero-order chi connectivity index (χ0) is 22.9. The van der Waals surface area contributed by atoms with Crippen LogP contribution in [0.4, 0.5) is 5.69 Å². The summed E-state index contributed by atoms with van der Waals surface area (Å²) in [6.07, 6.45) is 5.45. The van der Waals surface area contributed by atoms with Crippen LogP contribution in [0.25, 0.3) is 5.57 Å². The van der Waals surface area contributed by atoms with Crippen molar-refractivity contribution in [2.75, 3.05) is 5.32 Å². The average Bonchev–Trinajstić information content (AvgIpc) is 2.74. The number of hydrogen-bond donors (Lipinski definition) is 1. The maximum absolute atomic E-state index is 12.9. The van der Waals surface area contributed by atoms with Crippen molar-refractivity contribution in [2.24, 2.45) is 0 Å². The number of fused-ring (bicyclic) bond motifs is 2. The van der Waals surface area contributed by atoms with Crippen molar-refractivity contribution in [3.63, 3.8) is 0 Å². The molecule has 0 aromatic heterocycles. The minimum absolute atomic E-state index is 0.194. The summed E-state index contributed by atoms with van der Waals surface area (Å²) in [6.45, 7) is 7.91. The molecule has 4 heteroatoms. The average molecular weight is 432 g/mol. The minimum Gasteiger partial charge on any atom is -0.426 e. The van der Waals surface area contributed by atoms with Crippen LogP contribution in [0.15, 0.2) is 48.0 Å². The molecule has 1 unspecified atom stereocenters. The van der Waals surface area contributed by atoms with Crippen LogP contribution in [-0.4, -0.2) is 17.3 Å². The van der Waals surface area contributed by atoms with Gasteiger partial charge in [0.25, 0.3) is 0 Å². The first-order chi connectivity index (χ1) is 15.3. The summed E-state index contributed by atoms with van der Waals surface area (Å²) in [7, 11) is 0. The van der Waals surface area contributed by atoms with Gasteiger partial charge in [0, 0.05) is 30.2 Å². The summed E-state index contributed by atoms with van der Waals surface area (Å²) in [5, 5.41) is 3.66. The number of rotatable bonds is 6. The highest BCUT2D eigenvalue weighted by atomic mass is 16.5. The Hall–Kier alpha value is -2.88. The lowest BCUT2D eigenvalue weighted by Gasteiger charge is -2.40. The third kappa shape index (κ3) is 4.50. The second-order valence-corrected chi connectivity index (χ2v) is 9.69. The van der Waals surface area contributed by atoms with Crippen molar-refractivity contribution in [3.05, 3.63) is 64.7 Å². The fourth-order valence-corrected chi connectivity index (χ4v) is 5.14. The number of hydrogen-bond acceptors (Lipinski definition) is 4. The maximum atomic E-state index is 12.9. The van der Waals surface area contributed by atoms with Gasteiger partial charge in [-0.25, -0.2) is 0 Å². The molecular formula is C28H33NO3. The fraction of sp³-hybridized carbons (Fsp3) is 0.429. The third-order valence-corrected chi connectivity index (χ3v) is 6.76. The second kappa shape index (κ2) is 8.93. The molecule has 32 heavy (non-hydrogen) atoms. The number of carbonyl (C=O) groups is 2. The molecule has 0 bridgehead atoms. The number of carbonyl (C=O) groups excluding carboxylic acids is 2. The van der Waals surface area contributed by atoms with Crippen LogP contribution in [0.3, 0.4) is 0 Å². The molecule has 2 aliphatic rings. The fourth-order valence-electron chi connectivity index (χ4n) is 5.14. The predicted molar refractivity (Wildman–Crippen MR) is 129 cm³/mol. The zero-order valence-corrected chi connectivity index (χ0v) is 19.6. The molecule has 0 fully saturated rings. The van der Waals surface area contributed by atoms with Crippen LogP contribution >= 0.6 is 0 Å². The van der Waals surface area contributed by atoms with Gasteiger partial charge in [-0.1, -0.05) is 37.3 Å². The summed E-state index contributed by atoms with van der Waals surface area (Å²) in [5.74, 6) is 0.659. The number of anilines is 1. The van der Waals surface area contributed by atoms with E-state index in [1.54, 1.807) is 0 Å². The van der Waals surface area contributed by atoms with Crippen molar-refractivity contribution in [1.29, 1.82) is 0 Å². The Morgan fingerprint density at radius 1 is 1.16 bits per heavy atom. The molecule has 1 aliphatic carbocycles. The molecule has 1 heterocycles. The molecule has 0 amide bonds. The normalized spacial score (nSPS) is 17.8. The maximum Gasteiger partial charge on any atom is 0.308 e. The quantitative estimate of drug-likeness (QED) is 0.422. The molecule has 0 saturated carbocycles. The standard InChI is InChI=1S/C28H33NO3/c1-18(10-8-13-20-11-6-5-7-12-20)21-16-24-22(17-26(21)32-19(2)30)27-23(28(3,4)29-24)14-9-15-25(27)31/h5-7,11-12,16-18,29H,8-10,13-15H2,1-4H3. The molecule has 1 atom stereocenters. The first-order valence-corrected chi connectivity index (χ1v) is 11.7. The van der Waals surface area contributed by atoms with Gasteiger partial charge < -0.3 is 10.1 Å². The lowest BCUT2D eigenvalue weighted by molar-refractivity contribution is -0.131. The number of benzene rings is 2. The first-order valence-electron chi connectivity index (χ1n) is 11.7. The van der Waals surface area contributed by atoms with Crippen molar-refractivity contribution in [2.45, 2.75) is 77.7 Å². The number of nitrogens with one attached hydrogen (secondary N) is 1. The van der Waals surface area contributed by atoms with Crippen LogP contribution in [0.5, 0.6) is 5.75 Å². The number of esters is 1. The molecule has 0 spiro atoms. The smallest absolute Gasteiger partial charge is 0.308 e. The van der Waals surface area contributed by atoms with Crippen molar-refractivity contribution >= 4 is 23.0 Å². The van der Waals surface area contributed by atoms with Crippen molar-refractivity contribution < 1.29 is 14.3 Å². The number of aryl methyl sites for hydroxylation is 1. The summed E-state index contributed by atoms with van der Waals surface area (Å²) >= 11 is 0. The number of ether oxygens (including phenoxy) is 1. The van der Waals surface area contributed by atoms with E-state index in [4.69, 9.17) is 4.74 Å². The molecule has 2 aromatic carbocycles. The van der Waals surface area contributed by atoms with Gasteiger partial charge in [0.1, 0.15) is 5.75 Å². The van der Waals surface area contributed by atoms with Gasteiger partial charge in [0.15, 0.2) is 5.78 Å². The van der Waals surface area contributed by atoms with Crippen molar-refractivity contribution in [3.8, 4) is 5.75 Å². The van der Waals surface area contributed by atoms with E-state index in [1.807, 2.05) is 12.1 Å². The monoisotopic (exact) mass is 431 g/mol. The third-order valence-electron chi connectivity index (χ3n) is 6.76. The molecular weight excluding hydrogens is 398 g/mol.